The van der Waals surface area contributed by atoms with Gasteiger partial charge in [-0.25, -0.2) is 4.39 Å². The maximum atomic E-state index is 14.4. The lowest BCUT2D eigenvalue weighted by atomic mass is 9.99. The molecule has 0 radical (unpaired) electrons. The highest BCUT2D eigenvalue weighted by Gasteiger charge is 2.16. The fourth-order valence-electron chi connectivity index (χ4n) is 3.21. The first kappa shape index (κ1) is 23.4. The summed E-state index contributed by atoms with van der Waals surface area (Å²) in [6, 6.07) is 13.2. The molecule has 0 spiro atoms. The zero-order valence-electron chi connectivity index (χ0n) is 18.3. The molecule has 2 N–H and O–H groups in total. The largest absolute Gasteiger partial charge is 0.508 e. The average molecular weight is 450 g/mol. The minimum absolute atomic E-state index is 0.0682. The van der Waals surface area contributed by atoms with Gasteiger partial charge in [0, 0.05) is 5.56 Å². The lowest BCUT2D eigenvalue weighted by molar-refractivity contribution is 0.104. The molecule has 0 unspecified atom stereocenters. The Bertz CT molecular complexity index is 1200. The van der Waals surface area contributed by atoms with Crippen LogP contribution < -0.4 is 14.2 Å². The summed E-state index contributed by atoms with van der Waals surface area (Å²) in [6.07, 6.45) is 4.28. The average Bonchev–Trinajstić information content (AvgIpc) is 2.83. The van der Waals surface area contributed by atoms with Crippen molar-refractivity contribution >= 4 is 17.4 Å². The van der Waals surface area contributed by atoms with Gasteiger partial charge in [-0.1, -0.05) is 24.3 Å². The molecule has 0 heterocycles. The van der Waals surface area contributed by atoms with E-state index in [1.165, 1.54) is 57.7 Å². The fourth-order valence-corrected chi connectivity index (χ4v) is 3.21. The first-order valence-electron chi connectivity index (χ1n) is 9.89. The smallest absolute Gasteiger partial charge is 0.203 e. The Morgan fingerprint density at radius 1 is 0.879 bits per heavy atom. The van der Waals surface area contributed by atoms with Gasteiger partial charge in [0.2, 0.25) is 5.75 Å². The summed E-state index contributed by atoms with van der Waals surface area (Å²) >= 11 is 0. The number of ether oxygens (including phenoxy) is 3. The lowest BCUT2D eigenvalue weighted by Gasteiger charge is -2.15. The third kappa shape index (κ3) is 5.33. The number of phenolic OH excluding ortho intramolecular Hbond substituents is 2. The molecule has 0 fully saturated rings. The van der Waals surface area contributed by atoms with Crippen LogP contribution in [0.3, 0.4) is 0 Å². The molecular weight excluding hydrogens is 427 g/mol. The summed E-state index contributed by atoms with van der Waals surface area (Å²) in [6.45, 7) is 0. The Morgan fingerprint density at radius 2 is 1.55 bits per heavy atom. The third-order valence-electron chi connectivity index (χ3n) is 4.87. The molecular formula is C26H23FO6. The molecule has 0 atom stereocenters. The fraction of sp³-hybridized carbons (Fsp3) is 0.115. The normalized spacial score (nSPS) is 11.5. The first-order chi connectivity index (χ1) is 15.9. The van der Waals surface area contributed by atoms with E-state index in [2.05, 4.69) is 0 Å². The standard InChI is InChI=1S/C26H23FO6/c1-31-24-13-18(14-25(32-2)26(24)33-3)16(12-17-6-4-5-7-21(17)27)8-10-22(29)20-15-19(28)9-11-23(20)30/h4-15,28,30H,1-3H3/b10-8+,16-12+. The van der Waals surface area contributed by atoms with E-state index in [0.29, 0.717) is 33.9 Å². The van der Waals surface area contributed by atoms with E-state index < -0.39 is 11.6 Å². The van der Waals surface area contributed by atoms with Crippen molar-refractivity contribution < 1.29 is 33.6 Å². The number of rotatable bonds is 8. The lowest BCUT2D eigenvalue weighted by Crippen LogP contribution is -1.98. The molecule has 0 saturated heterocycles. The number of allylic oxidation sites excluding steroid dienone is 3. The summed E-state index contributed by atoms with van der Waals surface area (Å²) in [4.78, 5) is 12.7. The molecule has 0 aromatic heterocycles. The second-order valence-corrected chi connectivity index (χ2v) is 6.93. The second kappa shape index (κ2) is 10.4. The van der Waals surface area contributed by atoms with Gasteiger partial charge >= 0.3 is 0 Å². The Balaban J connectivity index is 2.14. The van der Waals surface area contributed by atoms with Crippen LogP contribution >= 0.6 is 0 Å². The van der Waals surface area contributed by atoms with Crippen molar-refractivity contribution in [1.29, 1.82) is 0 Å². The van der Waals surface area contributed by atoms with E-state index in [1.54, 1.807) is 36.4 Å². The van der Waals surface area contributed by atoms with Crippen LogP contribution in [0.15, 0.2) is 66.7 Å². The van der Waals surface area contributed by atoms with Crippen LogP contribution in [0.2, 0.25) is 0 Å². The predicted octanol–water partition coefficient (Wildman–Crippen LogP) is 5.24. The zero-order valence-corrected chi connectivity index (χ0v) is 18.3. The van der Waals surface area contributed by atoms with Gasteiger partial charge in [0.25, 0.3) is 0 Å². The number of carbonyl (C=O) groups is 1. The van der Waals surface area contributed by atoms with Gasteiger partial charge in [-0.3, -0.25) is 4.79 Å². The molecule has 3 aromatic carbocycles. The topological polar surface area (TPSA) is 85.2 Å². The number of hydrogen-bond acceptors (Lipinski definition) is 6. The van der Waals surface area contributed by atoms with Crippen LogP contribution in [0.1, 0.15) is 21.5 Å². The highest BCUT2D eigenvalue weighted by Crippen LogP contribution is 2.40. The Kier molecular flexibility index (Phi) is 7.35. The highest BCUT2D eigenvalue weighted by atomic mass is 19.1. The minimum Gasteiger partial charge on any atom is -0.508 e. The van der Waals surface area contributed by atoms with Crippen molar-refractivity contribution in [3.63, 3.8) is 0 Å². The molecule has 0 amide bonds. The number of ketones is 1. The van der Waals surface area contributed by atoms with Crippen molar-refractivity contribution in [2.45, 2.75) is 0 Å². The summed E-state index contributed by atoms with van der Waals surface area (Å²) in [5.74, 6) is -0.249. The molecule has 170 valence electrons. The van der Waals surface area contributed by atoms with Crippen molar-refractivity contribution in [2.24, 2.45) is 0 Å². The summed E-state index contributed by atoms with van der Waals surface area (Å²) < 4.78 is 30.5. The molecule has 0 aliphatic rings. The zero-order chi connectivity index (χ0) is 24.0. The molecule has 0 saturated carbocycles. The maximum absolute atomic E-state index is 14.4. The minimum atomic E-state index is -0.546. The van der Waals surface area contributed by atoms with Crippen LogP contribution in [0.4, 0.5) is 4.39 Å². The summed E-state index contributed by atoms with van der Waals surface area (Å²) in [5, 5.41) is 19.6. The number of aromatic hydroxyl groups is 2. The van der Waals surface area contributed by atoms with Gasteiger partial charge < -0.3 is 24.4 Å². The van der Waals surface area contributed by atoms with Crippen LogP contribution in [0, 0.1) is 5.82 Å². The van der Waals surface area contributed by atoms with Gasteiger partial charge in [-0.2, -0.15) is 0 Å². The van der Waals surface area contributed by atoms with Gasteiger partial charge in [-0.15, -0.1) is 0 Å². The van der Waals surface area contributed by atoms with E-state index >= 15 is 0 Å². The Morgan fingerprint density at radius 3 is 2.15 bits per heavy atom. The maximum Gasteiger partial charge on any atom is 0.203 e. The van der Waals surface area contributed by atoms with Gasteiger partial charge in [0.05, 0.1) is 26.9 Å². The van der Waals surface area contributed by atoms with Gasteiger partial charge in [0.15, 0.2) is 17.3 Å². The number of hydrogen-bond donors (Lipinski definition) is 2. The van der Waals surface area contributed by atoms with Gasteiger partial charge in [-0.05, 0) is 59.7 Å². The molecule has 0 bridgehead atoms. The number of phenols is 2. The van der Waals surface area contributed by atoms with E-state index in [-0.39, 0.29) is 17.1 Å². The van der Waals surface area contributed by atoms with E-state index in [0.717, 1.165) is 0 Å². The number of methoxy groups -OCH3 is 3. The van der Waals surface area contributed by atoms with E-state index in [4.69, 9.17) is 14.2 Å². The van der Waals surface area contributed by atoms with Crippen LogP contribution in [0.25, 0.3) is 11.6 Å². The molecule has 0 aliphatic carbocycles. The second-order valence-electron chi connectivity index (χ2n) is 6.93. The predicted molar refractivity (Wildman–Crippen MR) is 124 cm³/mol. The molecule has 7 heteroatoms. The number of benzene rings is 3. The van der Waals surface area contributed by atoms with Crippen LogP contribution in [0.5, 0.6) is 28.7 Å². The first-order valence-corrected chi connectivity index (χ1v) is 9.89. The summed E-state index contributed by atoms with van der Waals surface area (Å²) in [7, 11) is 4.44. The molecule has 33 heavy (non-hydrogen) atoms. The molecule has 6 nitrogen and oxygen atoms in total. The SMILES string of the molecule is COc1cc(C(/C=C/C(=O)c2cc(O)ccc2O)=C/c2ccccc2F)cc(OC)c1OC. The number of halogens is 1. The molecule has 3 aromatic rings. The van der Waals surface area contributed by atoms with Crippen molar-refractivity contribution in [3.8, 4) is 28.7 Å². The Hall–Kier alpha value is -4.26. The summed E-state index contributed by atoms with van der Waals surface area (Å²) in [5.41, 5.74) is 1.27. The Labute approximate surface area is 190 Å². The van der Waals surface area contributed by atoms with Crippen LogP contribution in [-0.4, -0.2) is 37.3 Å². The van der Waals surface area contributed by atoms with Crippen molar-refractivity contribution in [2.75, 3.05) is 21.3 Å². The number of carbonyl (C=O) groups excluding carboxylic acids is 1. The third-order valence-corrected chi connectivity index (χ3v) is 4.87. The molecule has 3 rings (SSSR count). The van der Waals surface area contributed by atoms with E-state index in [1.807, 2.05) is 0 Å². The van der Waals surface area contributed by atoms with Crippen molar-refractivity contribution in [1.82, 2.24) is 0 Å². The monoisotopic (exact) mass is 450 g/mol. The quantitative estimate of drug-likeness (QED) is 0.160. The van der Waals surface area contributed by atoms with Crippen molar-refractivity contribution in [3.05, 3.63) is 89.3 Å². The van der Waals surface area contributed by atoms with E-state index in [9.17, 15) is 19.4 Å². The van der Waals surface area contributed by atoms with Crippen LogP contribution in [-0.2, 0) is 0 Å². The van der Waals surface area contributed by atoms with Gasteiger partial charge in [0.1, 0.15) is 17.3 Å². The molecule has 0 aliphatic heterocycles. The highest BCUT2D eigenvalue weighted by molar-refractivity contribution is 6.08.